The number of nitrogens with zero attached hydrogens (tertiary/aromatic N) is 5. The van der Waals surface area contributed by atoms with E-state index in [0.29, 0.717) is 29.3 Å². The maximum Gasteiger partial charge on any atom is 0.261 e. The van der Waals surface area contributed by atoms with Crippen LogP contribution in [0.25, 0.3) is 21.8 Å². The summed E-state index contributed by atoms with van der Waals surface area (Å²) in [5, 5.41) is 1.77. The van der Waals surface area contributed by atoms with Crippen molar-refractivity contribution in [3.8, 4) is 11.5 Å². The third-order valence-electron chi connectivity index (χ3n) is 6.83. The van der Waals surface area contributed by atoms with E-state index in [0.717, 1.165) is 60.2 Å². The Morgan fingerprint density at radius 1 is 1.00 bits per heavy atom. The molecule has 35 heavy (non-hydrogen) atoms. The van der Waals surface area contributed by atoms with Gasteiger partial charge in [-0.1, -0.05) is 11.6 Å². The van der Waals surface area contributed by atoms with Crippen LogP contribution in [0.15, 0.2) is 41.5 Å². The molecule has 0 bridgehead atoms. The smallest absolute Gasteiger partial charge is 0.261 e. The number of hydrogen-bond donors (Lipinski definition) is 0. The molecule has 0 spiro atoms. The van der Waals surface area contributed by atoms with Crippen molar-refractivity contribution in [2.24, 2.45) is 5.92 Å². The molecule has 182 valence electrons. The van der Waals surface area contributed by atoms with Crippen molar-refractivity contribution < 1.29 is 9.47 Å². The van der Waals surface area contributed by atoms with Crippen molar-refractivity contribution in [1.82, 2.24) is 19.5 Å². The number of ether oxygens (including phenoxy) is 2. The topological polar surface area (TPSA) is 82.4 Å². The van der Waals surface area contributed by atoms with Gasteiger partial charge in [-0.2, -0.15) is 4.98 Å². The van der Waals surface area contributed by atoms with Crippen molar-refractivity contribution in [2.45, 2.75) is 32.7 Å². The first-order valence-electron chi connectivity index (χ1n) is 11.8. The molecule has 3 heterocycles. The molecule has 8 nitrogen and oxygen atoms in total. The minimum Gasteiger partial charge on any atom is -0.493 e. The lowest BCUT2D eigenvalue weighted by atomic mass is 9.93. The van der Waals surface area contributed by atoms with Gasteiger partial charge in [-0.05, 0) is 61.9 Å². The van der Waals surface area contributed by atoms with Gasteiger partial charge in [0.25, 0.3) is 5.56 Å². The lowest BCUT2D eigenvalue weighted by Gasteiger charge is -2.33. The largest absolute Gasteiger partial charge is 0.493 e. The van der Waals surface area contributed by atoms with E-state index in [9.17, 15) is 4.79 Å². The van der Waals surface area contributed by atoms with Crippen molar-refractivity contribution in [3.05, 3.63) is 57.9 Å². The van der Waals surface area contributed by atoms with Crippen LogP contribution in [0.5, 0.6) is 11.5 Å². The number of benzene rings is 2. The summed E-state index contributed by atoms with van der Waals surface area (Å²) in [6, 6.07) is 9.54. The summed E-state index contributed by atoms with van der Waals surface area (Å²) in [7, 11) is 3.21. The average Bonchev–Trinajstić information content (AvgIpc) is 2.87. The van der Waals surface area contributed by atoms with Crippen LogP contribution in [-0.2, 0) is 6.54 Å². The number of anilines is 1. The Morgan fingerprint density at radius 3 is 2.49 bits per heavy atom. The van der Waals surface area contributed by atoms with Gasteiger partial charge in [-0.3, -0.25) is 9.36 Å². The van der Waals surface area contributed by atoms with Gasteiger partial charge in [-0.25, -0.2) is 9.97 Å². The van der Waals surface area contributed by atoms with Gasteiger partial charge in [0.1, 0.15) is 5.82 Å². The van der Waals surface area contributed by atoms with Gasteiger partial charge in [0.15, 0.2) is 11.5 Å². The molecule has 1 saturated heterocycles. The summed E-state index contributed by atoms with van der Waals surface area (Å²) in [4.78, 5) is 28.6. The van der Waals surface area contributed by atoms with Crippen LogP contribution in [0.3, 0.4) is 0 Å². The standard InChI is InChI=1S/C26H28ClN5O3/c1-16-4-5-20-19(12-16)25(33)32(15-28-20)11-8-17-6-9-31(10-7-17)24-18-13-22(34-2)23(35-3)14-21(18)29-26(27)30-24/h4-5,12-15,17H,6-11H2,1-3H3. The number of aryl methyl sites for hydroxylation is 2. The Morgan fingerprint density at radius 2 is 1.74 bits per heavy atom. The quantitative estimate of drug-likeness (QED) is 0.362. The molecule has 1 fully saturated rings. The summed E-state index contributed by atoms with van der Waals surface area (Å²) in [5.41, 5.74) is 2.56. The Labute approximate surface area is 208 Å². The molecule has 0 unspecified atom stereocenters. The highest BCUT2D eigenvalue weighted by Crippen LogP contribution is 2.37. The minimum atomic E-state index is 0.0302. The maximum absolute atomic E-state index is 12.9. The highest BCUT2D eigenvalue weighted by Gasteiger charge is 2.23. The predicted octanol–water partition coefficient (Wildman–Crippen LogP) is 4.63. The fraction of sp³-hybridized carbons (Fsp3) is 0.385. The fourth-order valence-electron chi connectivity index (χ4n) is 4.84. The fourth-order valence-corrected chi connectivity index (χ4v) is 5.01. The van der Waals surface area contributed by atoms with Crippen LogP contribution in [0.2, 0.25) is 5.28 Å². The van der Waals surface area contributed by atoms with E-state index in [1.165, 1.54) is 0 Å². The Bertz CT molecular complexity index is 1450. The zero-order valence-electron chi connectivity index (χ0n) is 20.1. The second-order valence-electron chi connectivity index (χ2n) is 9.02. The average molecular weight is 494 g/mol. The summed E-state index contributed by atoms with van der Waals surface area (Å²) in [5.74, 6) is 2.56. The molecule has 0 aliphatic carbocycles. The number of fused-ring (bicyclic) bond motifs is 2. The third-order valence-corrected chi connectivity index (χ3v) is 6.99. The lowest BCUT2D eigenvalue weighted by molar-refractivity contribution is 0.355. The molecular weight excluding hydrogens is 466 g/mol. The Balaban J connectivity index is 1.30. The van der Waals surface area contributed by atoms with Gasteiger partial charge < -0.3 is 14.4 Å². The van der Waals surface area contributed by atoms with Crippen molar-refractivity contribution in [2.75, 3.05) is 32.2 Å². The van der Waals surface area contributed by atoms with Gasteiger partial charge in [0.05, 0.1) is 37.0 Å². The lowest BCUT2D eigenvalue weighted by Crippen LogP contribution is -2.35. The van der Waals surface area contributed by atoms with Crippen LogP contribution in [0.1, 0.15) is 24.8 Å². The van der Waals surface area contributed by atoms with E-state index >= 15 is 0 Å². The van der Waals surface area contributed by atoms with E-state index in [1.54, 1.807) is 25.1 Å². The van der Waals surface area contributed by atoms with Crippen molar-refractivity contribution in [1.29, 1.82) is 0 Å². The second kappa shape index (κ2) is 9.70. The maximum atomic E-state index is 12.9. The second-order valence-corrected chi connectivity index (χ2v) is 9.36. The number of piperidine rings is 1. The number of hydrogen-bond acceptors (Lipinski definition) is 7. The normalized spacial score (nSPS) is 14.6. The summed E-state index contributed by atoms with van der Waals surface area (Å²) >= 11 is 6.27. The minimum absolute atomic E-state index is 0.0302. The number of rotatable bonds is 6. The van der Waals surface area contributed by atoms with E-state index in [2.05, 4.69) is 19.9 Å². The van der Waals surface area contributed by atoms with Gasteiger partial charge in [0, 0.05) is 31.1 Å². The van der Waals surface area contributed by atoms with Crippen LogP contribution < -0.4 is 19.9 Å². The van der Waals surface area contributed by atoms with E-state index < -0.39 is 0 Å². The number of halogens is 1. The number of methoxy groups -OCH3 is 2. The molecule has 0 N–H and O–H groups in total. The van der Waals surface area contributed by atoms with E-state index in [4.69, 9.17) is 21.1 Å². The molecule has 0 saturated carbocycles. The first-order valence-corrected chi connectivity index (χ1v) is 12.1. The molecule has 9 heteroatoms. The van der Waals surface area contributed by atoms with Crippen LogP contribution >= 0.6 is 11.6 Å². The van der Waals surface area contributed by atoms with Crippen LogP contribution in [0.4, 0.5) is 5.82 Å². The Kier molecular flexibility index (Phi) is 6.47. The molecule has 4 aromatic rings. The SMILES string of the molecule is COc1cc2nc(Cl)nc(N3CCC(CCn4cnc5ccc(C)cc5c4=O)CC3)c2cc1OC. The first-order chi connectivity index (χ1) is 17.0. The van der Waals surface area contributed by atoms with E-state index in [1.807, 2.05) is 37.3 Å². The first kappa shape index (κ1) is 23.4. The van der Waals surface area contributed by atoms with Gasteiger partial charge in [-0.15, -0.1) is 0 Å². The molecule has 1 aliphatic heterocycles. The molecule has 0 atom stereocenters. The summed E-state index contributed by atoms with van der Waals surface area (Å²) in [6.07, 6.45) is 4.62. The zero-order chi connectivity index (χ0) is 24.5. The zero-order valence-corrected chi connectivity index (χ0v) is 20.9. The number of aromatic nitrogens is 4. The Hall–Kier alpha value is -3.39. The molecule has 0 amide bonds. The molecule has 0 radical (unpaired) electrons. The van der Waals surface area contributed by atoms with Crippen LogP contribution in [0, 0.1) is 12.8 Å². The highest BCUT2D eigenvalue weighted by molar-refractivity contribution is 6.28. The highest BCUT2D eigenvalue weighted by atomic mass is 35.5. The molecule has 5 rings (SSSR count). The van der Waals surface area contributed by atoms with Crippen molar-refractivity contribution in [3.63, 3.8) is 0 Å². The molecule has 1 aliphatic rings. The summed E-state index contributed by atoms with van der Waals surface area (Å²) in [6.45, 7) is 4.36. The van der Waals surface area contributed by atoms with Crippen LogP contribution in [-0.4, -0.2) is 46.8 Å². The van der Waals surface area contributed by atoms with Gasteiger partial charge in [0.2, 0.25) is 5.28 Å². The predicted molar refractivity (Wildman–Crippen MR) is 138 cm³/mol. The van der Waals surface area contributed by atoms with Crippen molar-refractivity contribution >= 4 is 39.2 Å². The van der Waals surface area contributed by atoms with Gasteiger partial charge >= 0.3 is 0 Å². The third kappa shape index (κ3) is 4.62. The van der Waals surface area contributed by atoms with E-state index in [-0.39, 0.29) is 10.8 Å². The molecular formula is C26H28ClN5O3. The summed E-state index contributed by atoms with van der Waals surface area (Å²) < 4.78 is 12.6. The molecule has 2 aromatic heterocycles. The molecule has 2 aromatic carbocycles. The monoisotopic (exact) mass is 493 g/mol.